The molecule has 14 heavy (non-hydrogen) atoms. The predicted octanol–water partition coefficient (Wildman–Crippen LogP) is 0.443. The van der Waals surface area contributed by atoms with E-state index in [9.17, 15) is 5.11 Å². The van der Waals surface area contributed by atoms with Gasteiger partial charge in [0.1, 0.15) is 0 Å². The first-order valence-corrected chi connectivity index (χ1v) is 5.86. The van der Waals surface area contributed by atoms with Gasteiger partial charge < -0.3 is 10.4 Å². The van der Waals surface area contributed by atoms with Gasteiger partial charge in [-0.2, -0.15) is 0 Å². The molecule has 2 aliphatic rings. The molecule has 1 saturated carbocycles. The molecule has 2 rings (SSSR count). The molecule has 2 atom stereocenters. The Kier molecular flexibility index (Phi) is 3.10. The lowest BCUT2D eigenvalue weighted by Gasteiger charge is -2.45. The van der Waals surface area contributed by atoms with Crippen LogP contribution in [-0.4, -0.2) is 48.3 Å². The Hall–Kier alpha value is -0.120. The van der Waals surface area contributed by atoms with Crippen LogP contribution in [0.2, 0.25) is 0 Å². The van der Waals surface area contributed by atoms with Gasteiger partial charge in [0.15, 0.2) is 0 Å². The summed E-state index contributed by atoms with van der Waals surface area (Å²) in [5, 5.41) is 13.0. The highest BCUT2D eigenvalue weighted by Crippen LogP contribution is 2.39. The van der Waals surface area contributed by atoms with Crippen LogP contribution in [0.15, 0.2) is 0 Å². The number of hydrogen-bond donors (Lipinski definition) is 2. The summed E-state index contributed by atoms with van der Waals surface area (Å²) in [5.74, 6) is 0.658. The van der Waals surface area contributed by atoms with Crippen molar-refractivity contribution in [1.29, 1.82) is 0 Å². The molecule has 3 nitrogen and oxygen atoms in total. The van der Waals surface area contributed by atoms with Crippen molar-refractivity contribution in [2.75, 3.05) is 32.8 Å². The standard InChI is InChI=1S/C11H22N2O/c1-10-3-2-4-11(10,9-14)13-7-5-12-6-8-13/h10,12,14H,2-9H2,1H3. The number of hydrogen-bond acceptors (Lipinski definition) is 3. The Morgan fingerprint density at radius 1 is 1.43 bits per heavy atom. The van der Waals surface area contributed by atoms with Crippen LogP contribution in [0.4, 0.5) is 0 Å². The van der Waals surface area contributed by atoms with Crippen molar-refractivity contribution < 1.29 is 5.11 Å². The van der Waals surface area contributed by atoms with Gasteiger partial charge in [-0.15, -0.1) is 0 Å². The number of aliphatic hydroxyl groups is 1. The van der Waals surface area contributed by atoms with Crippen molar-refractivity contribution in [2.24, 2.45) is 5.92 Å². The second kappa shape index (κ2) is 4.17. The molecular weight excluding hydrogens is 176 g/mol. The van der Waals surface area contributed by atoms with Gasteiger partial charge in [-0.1, -0.05) is 13.3 Å². The molecule has 1 aliphatic heterocycles. The highest BCUT2D eigenvalue weighted by Gasteiger charge is 2.44. The summed E-state index contributed by atoms with van der Waals surface area (Å²) in [5.41, 5.74) is 0.113. The molecule has 2 unspecified atom stereocenters. The predicted molar refractivity (Wildman–Crippen MR) is 57.3 cm³/mol. The summed E-state index contributed by atoms with van der Waals surface area (Å²) < 4.78 is 0. The van der Waals surface area contributed by atoms with Crippen LogP contribution in [0.3, 0.4) is 0 Å². The SMILES string of the molecule is CC1CCCC1(CO)N1CCNCC1. The van der Waals surface area contributed by atoms with Gasteiger partial charge in [0, 0.05) is 31.7 Å². The summed E-state index contributed by atoms with van der Waals surface area (Å²) in [6, 6.07) is 0. The molecule has 1 aliphatic carbocycles. The lowest BCUT2D eigenvalue weighted by molar-refractivity contribution is -0.00260. The zero-order valence-electron chi connectivity index (χ0n) is 9.13. The average molecular weight is 198 g/mol. The molecule has 2 fully saturated rings. The van der Waals surface area contributed by atoms with Gasteiger partial charge in [-0.25, -0.2) is 0 Å². The monoisotopic (exact) mass is 198 g/mol. The molecule has 1 saturated heterocycles. The van der Waals surface area contributed by atoms with Crippen LogP contribution in [0.5, 0.6) is 0 Å². The normalized spacial score (nSPS) is 40.3. The lowest BCUT2D eigenvalue weighted by atomic mass is 9.86. The average Bonchev–Trinajstić information content (AvgIpc) is 2.62. The fourth-order valence-electron chi connectivity index (χ4n) is 3.14. The van der Waals surface area contributed by atoms with Crippen molar-refractivity contribution in [2.45, 2.75) is 31.7 Å². The third-order valence-electron chi connectivity index (χ3n) is 4.18. The number of aliphatic hydroxyl groups excluding tert-OH is 1. The summed E-state index contributed by atoms with van der Waals surface area (Å²) in [7, 11) is 0. The number of nitrogens with one attached hydrogen (secondary N) is 1. The van der Waals surface area contributed by atoms with E-state index >= 15 is 0 Å². The number of piperazine rings is 1. The van der Waals surface area contributed by atoms with E-state index in [1.165, 1.54) is 19.3 Å². The molecule has 0 radical (unpaired) electrons. The fourth-order valence-corrected chi connectivity index (χ4v) is 3.14. The van der Waals surface area contributed by atoms with Gasteiger partial charge in [0.05, 0.1) is 6.61 Å². The van der Waals surface area contributed by atoms with Crippen LogP contribution in [0.25, 0.3) is 0 Å². The topological polar surface area (TPSA) is 35.5 Å². The van der Waals surface area contributed by atoms with Crippen LogP contribution in [0.1, 0.15) is 26.2 Å². The summed E-state index contributed by atoms with van der Waals surface area (Å²) in [6.45, 7) is 7.00. The molecule has 0 aromatic rings. The minimum absolute atomic E-state index is 0.113. The Labute approximate surface area is 86.5 Å². The highest BCUT2D eigenvalue weighted by molar-refractivity contribution is 5.00. The van der Waals surface area contributed by atoms with Gasteiger partial charge in [0.25, 0.3) is 0 Å². The highest BCUT2D eigenvalue weighted by atomic mass is 16.3. The Morgan fingerprint density at radius 3 is 2.64 bits per heavy atom. The van der Waals surface area contributed by atoms with Crippen molar-refractivity contribution in [3.05, 3.63) is 0 Å². The van der Waals surface area contributed by atoms with Crippen LogP contribution in [0, 0.1) is 5.92 Å². The first-order chi connectivity index (χ1) is 6.79. The van der Waals surface area contributed by atoms with E-state index in [1.54, 1.807) is 0 Å². The van der Waals surface area contributed by atoms with E-state index in [0.29, 0.717) is 12.5 Å². The molecule has 0 aromatic heterocycles. The summed E-state index contributed by atoms with van der Waals surface area (Å²) in [6.07, 6.45) is 3.75. The van der Waals surface area contributed by atoms with E-state index in [2.05, 4.69) is 17.1 Å². The summed E-state index contributed by atoms with van der Waals surface area (Å²) in [4.78, 5) is 2.52. The molecule has 0 bridgehead atoms. The molecule has 0 amide bonds. The van der Waals surface area contributed by atoms with E-state index in [0.717, 1.165) is 26.2 Å². The second-order valence-electron chi connectivity index (χ2n) is 4.79. The van der Waals surface area contributed by atoms with Crippen molar-refractivity contribution >= 4 is 0 Å². The summed E-state index contributed by atoms with van der Waals surface area (Å²) >= 11 is 0. The maximum atomic E-state index is 9.68. The maximum absolute atomic E-state index is 9.68. The van der Waals surface area contributed by atoms with Crippen molar-refractivity contribution in [1.82, 2.24) is 10.2 Å². The largest absolute Gasteiger partial charge is 0.394 e. The Balaban J connectivity index is 2.09. The van der Waals surface area contributed by atoms with Crippen molar-refractivity contribution in [3.8, 4) is 0 Å². The molecule has 0 aromatic carbocycles. The second-order valence-corrected chi connectivity index (χ2v) is 4.79. The Bertz CT molecular complexity index is 192. The first-order valence-electron chi connectivity index (χ1n) is 5.86. The fraction of sp³-hybridized carbons (Fsp3) is 1.00. The molecule has 1 heterocycles. The van der Waals surface area contributed by atoms with Crippen LogP contribution in [-0.2, 0) is 0 Å². The van der Waals surface area contributed by atoms with E-state index in [-0.39, 0.29) is 5.54 Å². The van der Waals surface area contributed by atoms with Crippen LogP contribution < -0.4 is 5.32 Å². The number of rotatable bonds is 2. The lowest BCUT2D eigenvalue weighted by Crippen LogP contribution is -2.59. The smallest absolute Gasteiger partial charge is 0.0618 e. The zero-order valence-corrected chi connectivity index (χ0v) is 9.13. The molecule has 82 valence electrons. The van der Waals surface area contributed by atoms with E-state index in [1.807, 2.05) is 0 Å². The van der Waals surface area contributed by atoms with E-state index < -0.39 is 0 Å². The third kappa shape index (κ3) is 1.58. The number of nitrogens with zero attached hydrogens (tertiary/aromatic N) is 1. The minimum Gasteiger partial charge on any atom is -0.394 e. The molecule has 3 heteroatoms. The van der Waals surface area contributed by atoms with E-state index in [4.69, 9.17) is 0 Å². The van der Waals surface area contributed by atoms with Gasteiger partial charge in [-0.05, 0) is 18.8 Å². The minimum atomic E-state index is 0.113. The third-order valence-corrected chi connectivity index (χ3v) is 4.18. The first kappa shape index (κ1) is 10.4. The zero-order chi connectivity index (χ0) is 10.0. The quantitative estimate of drug-likeness (QED) is 0.676. The molecule has 0 spiro atoms. The maximum Gasteiger partial charge on any atom is 0.0618 e. The Morgan fingerprint density at radius 2 is 2.14 bits per heavy atom. The van der Waals surface area contributed by atoms with Crippen LogP contribution >= 0.6 is 0 Å². The van der Waals surface area contributed by atoms with Crippen molar-refractivity contribution in [3.63, 3.8) is 0 Å². The molecular formula is C11H22N2O. The molecule has 2 N–H and O–H groups in total. The van der Waals surface area contributed by atoms with Gasteiger partial charge >= 0.3 is 0 Å². The van der Waals surface area contributed by atoms with Gasteiger partial charge in [-0.3, -0.25) is 4.90 Å². The van der Waals surface area contributed by atoms with Gasteiger partial charge in [0.2, 0.25) is 0 Å².